The second-order valence-electron chi connectivity index (χ2n) is 5.58. The minimum Gasteiger partial charge on any atom is -0.383 e. The predicted molar refractivity (Wildman–Crippen MR) is 78.7 cm³/mol. The molecule has 2 rings (SSSR count). The third kappa shape index (κ3) is 4.39. The van der Waals surface area contributed by atoms with Crippen LogP contribution in [0.3, 0.4) is 0 Å². The first-order valence-electron chi connectivity index (χ1n) is 7.36. The van der Waals surface area contributed by atoms with Crippen LogP contribution in [0.1, 0.15) is 12.8 Å². The molecule has 0 N–H and O–H groups in total. The molecular formula is C13H24N2O6S. The molecule has 0 aliphatic carbocycles. The first kappa shape index (κ1) is 17.6. The van der Waals surface area contributed by atoms with Crippen molar-refractivity contribution in [3.8, 4) is 0 Å². The van der Waals surface area contributed by atoms with Gasteiger partial charge in [0.2, 0.25) is 15.9 Å². The summed E-state index contributed by atoms with van der Waals surface area (Å²) >= 11 is 0. The standard InChI is InChI=1S/C13H24N2O6S/c1-19-8-7-15(22(2,17)18)11-12(16)14-5-3-13(4-6-14)20-9-10-21-13/h3-11H2,1-2H3. The summed E-state index contributed by atoms with van der Waals surface area (Å²) in [5, 5.41) is 0. The quantitative estimate of drug-likeness (QED) is 0.635. The van der Waals surface area contributed by atoms with Gasteiger partial charge >= 0.3 is 0 Å². The van der Waals surface area contributed by atoms with Crippen LogP contribution in [0, 0.1) is 0 Å². The molecular weight excluding hydrogens is 312 g/mol. The van der Waals surface area contributed by atoms with Crippen LogP contribution in [0.4, 0.5) is 0 Å². The average molecular weight is 336 g/mol. The molecule has 0 aromatic carbocycles. The molecule has 9 heteroatoms. The second-order valence-corrected chi connectivity index (χ2v) is 7.56. The number of methoxy groups -OCH3 is 1. The van der Waals surface area contributed by atoms with Crippen LogP contribution in [0.25, 0.3) is 0 Å². The lowest BCUT2D eigenvalue weighted by Gasteiger charge is -2.38. The number of sulfonamides is 1. The maximum Gasteiger partial charge on any atom is 0.237 e. The summed E-state index contributed by atoms with van der Waals surface area (Å²) in [5.74, 6) is -0.738. The number of carbonyl (C=O) groups is 1. The Morgan fingerprint density at radius 3 is 2.36 bits per heavy atom. The highest BCUT2D eigenvalue weighted by Gasteiger charge is 2.41. The van der Waals surface area contributed by atoms with Gasteiger partial charge in [-0.15, -0.1) is 0 Å². The van der Waals surface area contributed by atoms with Crippen molar-refractivity contribution in [2.45, 2.75) is 18.6 Å². The first-order valence-corrected chi connectivity index (χ1v) is 9.21. The molecule has 2 aliphatic heterocycles. The number of amides is 1. The van der Waals surface area contributed by atoms with Crippen LogP contribution in [0.15, 0.2) is 0 Å². The van der Waals surface area contributed by atoms with E-state index in [0.717, 1.165) is 10.6 Å². The van der Waals surface area contributed by atoms with Crippen molar-refractivity contribution in [3.63, 3.8) is 0 Å². The van der Waals surface area contributed by atoms with E-state index < -0.39 is 15.8 Å². The Morgan fingerprint density at radius 2 is 1.86 bits per heavy atom. The van der Waals surface area contributed by atoms with Crippen LogP contribution in [0.5, 0.6) is 0 Å². The monoisotopic (exact) mass is 336 g/mol. The summed E-state index contributed by atoms with van der Waals surface area (Å²) in [6, 6.07) is 0. The van der Waals surface area contributed by atoms with Crippen molar-refractivity contribution >= 4 is 15.9 Å². The Kier molecular flexibility index (Phi) is 5.78. The van der Waals surface area contributed by atoms with E-state index in [9.17, 15) is 13.2 Å². The molecule has 0 saturated carbocycles. The molecule has 2 aliphatic rings. The number of ether oxygens (including phenoxy) is 3. The molecule has 0 atom stereocenters. The highest BCUT2D eigenvalue weighted by molar-refractivity contribution is 7.88. The summed E-state index contributed by atoms with van der Waals surface area (Å²) in [7, 11) is -1.94. The third-order valence-corrected chi connectivity index (χ3v) is 5.27. The zero-order chi connectivity index (χ0) is 16.2. The van der Waals surface area contributed by atoms with Crippen molar-refractivity contribution in [1.82, 2.24) is 9.21 Å². The number of carbonyl (C=O) groups excluding carboxylic acids is 1. The molecule has 128 valence electrons. The number of hydrogen-bond acceptors (Lipinski definition) is 6. The van der Waals surface area contributed by atoms with Gasteiger partial charge in [-0.3, -0.25) is 4.79 Å². The van der Waals surface area contributed by atoms with Gasteiger partial charge in [0.15, 0.2) is 5.79 Å². The molecule has 8 nitrogen and oxygen atoms in total. The largest absolute Gasteiger partial charge is 0.383 e. The van der Waals surface area contributed by atoms with Crippen molar-refractivity contribution in [1.29, 1.82) is 0 Å². The average Bonchev–Trinajstić information content (AvgIpc) is 2.91. The van der Waals surface area contributed by atoms with E-state index in [1.165, 1.54) is 7.11 Å². The minimum absolute atomic E-state index is 0.156. The van der Waals surface area contributed by atoms with E-state index >= 15 is 0 Å². The van der Waals surface area contributed by atoms with Crippen LogP contribution >= 0.6 is 0 Å². The Labute approximate surface area is 131 Å². The number of hydrogen-bond donors (Lipinski definition) is 0. The van der Waals surface area contributed by atoms with Crippen molar-refractivity contribution in [2.24, 2.45) is 0 Å². The molecule has 0 aromatic rings. The third-order valence-electron chi connectivity index (χ3n) is 4.02. The van der Waals surface area contributed by atoms with Crippen LogP contribution in [-0.2, 0) is 29.0 Å². The van der Waals surface area contributed by atoms with Crippen molar-refractivity contribution < 1.29 is 27.4 Å². The van der Waals surface area contributed by atoms with Gasteiger partial charge in [-0.25, -0.2) is 8.42 Å². The summed E-state index contributed by atoms with van der Waals surface area (Å²) in [5.41, 5.74) is 0. The SMILES string of the molecule is COCCN(CC(=O)N1CCC2(CC1)OCCO2)S(C)(=O)=O. The van der Waals surface area contributed by atoms with E-state index in [0.29, 0.717) is 39.1 Å². The van der Waals surface area contributed by atoms with Crippen molar-refractivity contribution in [2.75, 3.05) is 59.4 Å². The van der Waals surface area contributed by atoms with Crippen LogP contribution < -0.4 is 0 Å². The fourth-order valence-corrected chi connectivity index (χ4v) is 3.44. The lowest BCUT2D eigenvalue weighted by atomic mass is 10.0. The highest BCUT2D eigenvalue weighted by Crippen LogP contribution is 2.31. The number of likely N-dealkylation sites (tertiary alicyclic amines) is 1. The summed E-state index contributed by atoms with van der Waals surface area (Å²) in [6.45, 7) is 2.48. The Hall–Kier alpha value is -0.740. The molecule has 0 unspecified atom stereocenters. The van der Waals surface area contributed by atoms with E-state index in [1.54, 1.807) is 4.90 Å². The van der Waals surface area contributed by atoms with E-state index in [-0.39, 0.29) is 25.6 Å². The Balaban J connectivity index is 1.88. The maximum absolute atomic E-state index is 12.3. The van der Waals surface area contributed by atoms with E-state index in [2.05, 4.69) is 0 Å². The lowest BCUT2D eigenvalue weighted by Crippen LogP contribution is -2.50. The van der Waals surface area contributed by atoms with Gasteiger partial charge in [-0.05, 0) is 0 Å². The summed E-state index contributed by atoms with van der Waals surface area (Å²) in [4.78, 5) is 14.0. The molecule has 0 radical (unpaired) electrons. The van der Waals surface area contributed by atoms with Gasteiger partial charge in [0, 0.05) is 39.6 Å². The molecule has 2 fully saturated rings. The molecule has 2 saturated heterocycles. The van der Waals surface area contributed by atoms with Crippen LogP contribution in [-0.4, -0.2) is 88.7 Å². The molecule has 1 amide bonds. The number of nitrogens with zero attached hydrogens (tertiary/aromatic N) is 2. The second kappa shape index (κ2) is 7.22. The zero-order valence-corrected chi connectivity index (χ0v) is 13.9. The number of rotatable bonds is 6. The summed E-state index contributed by atoms with van der Waals surface area (Å²) < 4.78 is 40.7. The summed E-state index contributed by atoms with van der Waals surface area (Å²) in [6.07, 6.45) is 2.34. The van der Waals surface area contributed by atoms with Gasteiger partial charge < -0.3 is 19.1 Å². The van der Waals surface area contributed by atoms with Crippen molar-refractivity contribution in [3.05, 3.63) is 0 Å². The molecule has 0 aromatic heterocycles. The molecule has 0 bridgehead atoms. The predicted octanol–water partition coefficient (Wildman–Crippen LogP) is -0.740. The lowest BCUT2D eigenvalue weighted by molar-refractivity contribution is -0.187. The fourth-order valence-electron chi connectivity index (χ4n) is 2.69. The van der Waals surface area contributed by atoms with Gasteiger partial charge in [-0.2, -0.15) is 4.31 Å². The zero-order valence-electron chi connectivity index (χ0n) is 13.1. The Morgan fingerprint density at radius 1 is 1.27 bits per heavy atom. The van der Waals surface area contributed by atoms with Crippen LogP contribution in [0.2, 0.25) is 0 Å². The fraction of sp³-hybridized carbons (Fsp3) is 0.923. The Bertz CT molecular complexity index is 479. The smallest absolute Gasteiger partial charge is 0.237 e. The molecule has 2 heterocycles. The molecule has 22 heavy (non-hydrogen) atoms. The van der Waals surface area contributed by atoms with E-state index in [1.807, 2.05) is 0 Å². The van der Waals surface area contributed by atoms with E-state index in [4.69, 9.17) is 14.2 Å². The maximum atomic E-state index is 12.3. The normalized spacial score (nSPS) is 21.7. The van der Waals surface area contributed by atoms with Gasteiger partial charge in [0.25, 0.3) is 0 Å². The minimum atomic E-state index is -3.44. The highest BCUT2D eigenvalue weighted by atomic mass is 32.2. The topological polar surface area (TPSA) is 85.4 Å². The van der Waals surface area contributed by atoms with Gasteiger partial charge in [-0.1, -0.05) is 0 Å². The first-order chi connectivity index (χ1) is 10.4. The molecule has 1 spiro atoms. The van der Waals surface area contributed by atoms with Gasteiger partial charge in [0.05, 0.1) is 32.6 Å². The number of piperidine rings is 1. The van der Waals surface area contributed by atoms with Gasteiger partial charge in [0.1, 0.15) is 0 Å².